The van der Waals surface area contributed by atoms with Gasteiger partial charge in [0.1, 0.15) is 12.1 Å². The molecule has 0 aromatic carbocycles. The normalized spacial score (nSPS) is 16.9. The van der Waals surface area contributed by atoms with Crippen molar-refractivity contribution in [2.24, 2.45) is 0 Å². The van der Waals surface area contributed by atoms with E-state index in [2.05, 4.69) is 25.9 Å². The minimum absolute atomic E-state index is 0.0413. The molecular formula is C20H29N5O3. The van der Waals surface area contributed by atoms with E-state index in [1.54, 1.807) is 6.92 Å². The molecule has 2 aromatic heterocycles. The molecule has 0 radical (unpaired) electrons. The molecule has 1 atom stereocenters. The molecular weight excluding hydrogens is 358 g/mol. The molecule has 152 valence electrons. The van der Waals surface area contributed by atoms with Gasteiger partial charge in [0.15, 0.2) is 0 Å². The highest BCUT2D eigenvalue weighted by Crippen LogP contribution is 2.20. The van der Waals surface area contributed by atoms with E-state index in [1.807, 2.05) is 31.7 Å². The molecule has 0 saturated carbocycles. The number of nitrogens with one attached hydrogen (secondary N) is 1. The third-order valence-corrected chi connectivity index (χ3v) is 4.87. The fourth-order valence-corrected chi connectivity index (χ4v) is 3.47. The number of aryl methyl sites for hydroxylation is 2. The van der Waals surface area contributed by atoms with Crippen LogP contribution >= 0.6 is 0 Å². The molecule has 1 N–H and O–H groups in total. The summed E-state index contributed by atoms with van der Waals surface area (Å²) in [5.41, 5.74) is 3.34. The molecule has 8 heteroatoms. The highest BCUT2D eigenvalue weighted by molar-refractivity contribution is 5.73. The molecule has 1 amide bonds. The van der Waals surface area contributed by atoms with Gasteiger partial charge in [-0.15, -0.1) is 0 Å². The Morgan fingerprint density at radius 2 is 2.21 bits per heavy atom. The van der Waals surface area contributed by atoms with Crippen LogP contribution in [0.15, 0.2) is 18.5 Å². The number of H-pyrrole nitrogens is 1. The standard InChI is InChI=1S/C20H29N5O3/c1-5-27-20-9-19(21-13-22-20)24-6-7-28-18(11-24)12-25(16(4)26)10-17-8-14(2)23-15(17)3/h8-9,13,18,23H,5-7,10-12H2,1-4H3/t18-/m0/s1. The van der Waals surface area contributed by atoms with Crippen molar-refractivity contribution in [3.63, 3.8) is 0 Å². The van der Waals surface area contributed by atoms with Gasteiger partial charge in [0.25, 0.3) is 0 Å². The van der Waals surface area contributed by atoms with Crippen molar-refractivity contribution < 1.29 is 14.3 Å². The molecule has 0 bridgehead atoms. The third kappa shape index (κ3) is 5.01. The summed E-state index contributed by atoms with van der Waals surface area (Å²) in [6.45, 7) is 11.3. The van der Waals surface area contributed by atoms with Gasteiger partial charge in [-0.1, -0.05) is 0 Å². The van der Waals surface area contributed by atoms with Crippen molar-refractivity contribution in [1.82, 2.24) is 19.9 Å². The van der Waals surface area contributed by atoms with Gasteiger partial charge in [0.2, 0.25) is 11.8 Å². The van der Waals surface area contributed by atoms with Gasteiger partial charge in [0, 0.05) is 50.6 Å². The van der Waals surface area contributed by atoms with Crippen molar-refractivity contribution in [3.8, 4) is 5.88 Å². The summed E-state index contributed by atoms with van der Waals surface area (Å²) >= 11 is 0. The minimum Gasteiger partial charge on any atom is -0.478 e. The predicted molar refractivity (Wildman–Crippen MR) is 107 cm³/mol. The molecule has 3 heterocycles. The maximum Gasteiger partial charge on any atom is 0.219 e. The largest absolute Gasteiger partial charge is 0.478 e. The predicted octanol–water partition coefficient (Wildman–Crippen LogP) is 2.07. The third-order valence-electron chi connectivity index (χ3n) is 4.87. The Bertz CT molecular complexity index is 807. The Balaban J connectivity index is 1.66. The molecule has 2 aromatic rings. The van der Waals surface area contributed by atoms with Gasteiger partial charge in [-0.05, 0) is 32.4 Å². The van der Waals surface area contributed by atoms with E-state index in [9.17, 15) is 4.79 Å². The van der Waals surface area contributed by atoms with E-state index in [-0.39, 0.29) is 12.0 Å². The Kier molecular flexibility index (Phi) is 6.51. The van der Waals surface area contributed by atoms with Crippen molar-refractivity contribution in [3.05, 3.63) is 35.4 Å². The van der Waals surface area contributed by atoms with Gasteiger partial charge in [-0.25, -0.2) is 9.97 Å². The van der Waals surface area contributed by atoms with Crippen LogP contribution in [-0.2, 0) is 16.1 Å². The first-order valence-corrected chi connectivity index (χ1v) is 9.68. The van der Waals surface area contributed by atoms with E-state index in [4.69, 9.17) is 9.47 Å². The van der Waals surface area contributed by atoms with E-state index in [0.29, 0.717) is 38.7 Å². The maximum absolute atomic E-state index is 12.2. The van der Waals surface area contributed by atoms with Crippen molar-refractivity contribution in [2.45, 2.75) is 40.3 Å². The molecule has 1 fully saturated rings. The second-order valence-electron chi connectivity index (χ2n) is 7.09. The van der Waals surface area contributed by atoms with Gasteiger partial charge in [-0.2, -0.15) is 0 Å². The lowest BCUT2D eigenvalue weighted by molar-refractivity contribution is -0.131. The summed E-state index contributed by atoms with van der Waals surface area (Å²) in [5.74, 6) is 1.43. The molecule has 28 heavy (non-hydrogen) atoms. The summed E-state index contributed by atoms with van der Waals surface area (Å²) in [4.78, 5) is 28.0. The molecule has 0 unspecified atom stereocenters. The topological polar surface area (TPSA) is 83.6 Å². The van der Waals surface area contributed by atoms with Crippen molar-refractivity contribution in [1.29, 1.82) is 0 Å². The van der Waals surface area contributed by atoms with Crippen LogP contribution in [0.3, 0.4) is 0 Å². The first-order valence-electron chi connectivity index (χ1n) is 9.68. The second kappa shape index (κ2) is 9.05. The summed E-state index contributed by atoms with van der Waals surface area (Å²) < 4.78 is 11.4. The number of rotatable bonds is 7. The number of aromatic amines is 1. The molecule has 1 saturated heterocycles. The fourth-order valence-electron chi connectivity index (χ4n) is 3.47. The molecule has 0 aliphatic carbocycles. The Hall–Kier alpha value is -2.61. The Morgan fingerprint density at radius 1 is 1.39 bits per heavy atom. The quantitative estimate of drug-likeness (QED) is 0.783. The number of carbonyl (C=O) groups is 1. The van der Waals surface area contributed by atoms with Crippen LogP contribution in [0, 0.1) is 13.8 Å². The summed E-state index contributed by atoms with van der Waals surface area (Å²) in [7, 11) is 0. The lowest BCUT2D eigenvalue weighted by Crippen LogP contribution is -2.48. The second-order valence-corrected chi connectivity index (χ2v) is 7.09. The van der Waals surface area contributed by atoms with Crippen LogP contribution in [0.1, 0.15) is 30.8 Å². The summed E-state index contributed by atoms with van der Waals surface area (Å²) in [6.07, 6.45) is 1.44. The maximum atomic E-state index is 12.2. The first kappa shape index (κ1) is 20.1. The number of morpholine rings is 1. The summed E-state index contributed by atoms with van der Waals surface area (Å²) in [5, 5.41) is 0. The van der Waals surface area contributed by atoms with Crippen LogP contribution in [0.4, 0.5) is 5.82 Å². The highest BCUT2D eigenvalue weighted by atomic mass is 16.5. The van der Waals surface area contributed by atoms with Crippen LogP contribution in [-0.4, -0.2) is 64.7 Å². The average Bonchev–Trinajstić information content (AvgIpc) is 2.99. The number of nitrogens with zero attached hydrogens (tertiary/aromatic N) is 4. The van der Waals surface area contributed by atoms with E-state index in [0.717, 1.165) is 29.3 Å². The minimum atomic E-state index is -0.0801. The molecule has 3 rings (SSSR count). The molecule has 1 aliphatic rings. The number of amides is 1. The average molecular weight is 387 g/mol. The van der Waals surface area contributed by atoms with E-state index >= 15 is 0 Å². The smallest absolute Gasteiger partial charge is 0.219 e. The van der Waals surface area contributed by atoms with Crippen LogP contribution in [0.25, 0.3) is 0 Å². The van der Waals surface area contributed by atoms with Crippen LogP contribution in [0.5, 0.6) is 5.88 Å². The number of ether oxygens (including phenoxy) is 2. The summed E-state index contributed by atoms with van der Waals surface area (Å²) in [6, 6.07) is 3.94. The zero-order valence-electron chi connectivity index (χ0n) is 17.1. The van der Waals surface area contributed by atoms with E-state index in [1.165, 1.54) is 6.33 Å². The fraction of sp³-hybridized carbons (Fsp3) is 0.550. The SMILES string of the molecule is CCOc1cc(N2CCO[C@H](CN(Cc3cc(C)[nH]c3C)C(C)=O)C2)ncn1. The zero-order chi connectivity index (χ0) is 20.1. The molecule has 1 aliphatic heterocycles. The first-order chi connectivity index (χ1) is 13.5. The molecule has 8 nitrogen and oxygen atoms in total. The number of aromatic nitrogens is 3. The van der Waals surface area contributed by atoms with E-state index < -0.39 is 0 Å². The van der Waals surface area contributed by atoms with Crippen LogP contribution in [0.2, 0.25) is 0 Å². The van der Waals surface area contributed by atoms with Gasteiger partial charge < -0.3 is 24.3 Å². The Morgan fingerprint density at radius 3 is 2.89 bits per heavy atom. The molecule has 0 spiro atoms. The van der Waals surface area contributed by atoms with Crippen LogP contribution < -0.4 is 9.64 Å². The monoisotopic (exact) mass is 387 g/mol. The van der Waals surface area contributed by atoms with Gasteiger partial charge >= 0.3 is 0 Å². The highest BCUT2D eigenvalue weighted by Gasteiger charge is 2.25. The number of carbonyl (C=O) groups excluding carboxylic acids is 1. The van der Waals surface area contributed by atoms with Gasteiger partial charge in [-0.3, -0.25) is 4.79 Å². The van der Waals surface area contributed by atoms with Gasteiger partial charge in [0.05, 0.1) is 19.3 Å². The number of anilines is 1. The van der Waals surface area contributed by atoms with Crippen molar-refractivity contribution >= 4 is 11.7 Å². The lowest BCUT2D eigenvalue weighted by atomic mass is 10.2. The number of hydrogen-bond donors (Lipinski definition) is 1. The number of hydrogen-bond acceptors (Lipinski definition) is 6. The Labute approximate surface area is 165 Å². The lowest BCUT2D eigenvalue weighted by Gasteiger charge is -2.36. The van der Waals surface area contributed by atoms with Crippen molar-refractivity contribution in [2.75, 3.05) is 37.7 Å². The zero-order valence-corrected chi connectivity index (χ0v) is 17.1.